The average Bonchev–Trinajstić information content (AvgIpc) is 3.08. The first kappa shape index (κ1) is 11.9. The average molecular weight is 234 g/mol. The van der Waals surface area contributed by atoms with E-state index in [2.05, 4.69) is 17.2 Å². The quantitative estimate of drug-likeness (QED) is 0.794. The number of anilines is 1. The van der Waals surface area contributed by atoms with Crippen molar-refractivity contribution in [3.63, 3.8) is 0 Å². The second-order valence-corrected chi connectivity index (χ2v) is 4.84. The molecule has 2 rings (SSSR count). The Hall–Kier alpha value is -1.58. The van der Waals surface area contributed by atoms with Gasteiger partial charge in [-0.05, 0) is 36.8 Å². The number of pyridine rings is 1. The topological polar surface area (TPSA) is 62.2 Å². The third kappa shape index (κ3) is 2.96. The molecule has 0 aromatic carbocycles. The Balaban J connectivity index is 1.95. The fourth-order valence-electron chi connectivity index (χ4n) is 2.17. The van der Waals surface area contributed by atoms with Gasteiger partial charge in [0.05, 0.1) is 0 Å². The standard InChI is InChI=1S/C13H18N2O2/c1-2-4-13(5-6-13)9-15-10-3-7-14-11(8-10)12(16)17/h3,7-8H,2,4-6,9H2,1H3,(H,14,15)(H,16,17). The minimum atomic E-state index is -0.983. The minimum absolute atomic E-state index is 0.0929. The normalized spacial score (nSPS) is 16.5. The molecular weight excluding hydrogens is 216 g/mol. The number of carboxylic acid groups (broad SMARTS) is 1. The van der Waals surface area contributed by atoms with Crippen molar-refractivity contribution in [1.82, 2.24) is 4.98 Å². The molecule has 92 valence electrons. The molecule has 1 fully saturated rings. The lowest BCUT2D eigenvalue weighted by atomic mass is 10.0. The number of nitrogens with zero attached hydrogens (tertiary/aromatic N) is 1. The Morgan fingerprint density at radius 2 is 2.35 bits per heavy atom. The van der Waals surface area contributed by atoms with Crippen LogP contribution in [0.3, 0.4) is 0 Å². The Morgan fingerprint density at radius 3 is 2.94 bits per heavy atom. The van der Waals surface area contributed by atoms with Crippen LogP contribution in [0.15, 0.2) is 18.3 Å². The van der Waals surface area contributed by atoms with Crippen molar-refractivity contribution in [3.05, 3.63) is 24.0 Å². The summed E-state index contributed by atoms with van der Waals surface area (Å²) >= 11 is 0. The van der Waals surface area contributed by atoms with E-state index in [4.69, 9.17) is 5.11 Å². The Kier molecular flexibility index (Phi) is 3.31. The van der Waals surface area contributed by atoms with Crippen LogP contribution in [0, 0.1) is 5.41 Å². The molecule has 0 radical (unpaired) electrons. The van der Waals surface area contributed by atoms with E-state index in [9.17, 15) is 4.79 Å². The van der Waals surface area contributed by atoms with Crippen molar-refractivity contribution in [2.24, 2.45) is 5.41 Å². The summed E-state index contributed by atoms with van der Waals surface area (Å²) in [5.74, 6) is -0.983. The van der Waals surface area contributed by atoms with Crippen LogP contribution in [0.4, 0.5) is 5.69 Å². The Morgan fingerprint density at radius 1 is 1.59 bits per heavy atom. The van der Waals surface area contributed by atoms with Gasteiger partial charge in [-0.15, -0.1) is 0 Å². The lowest BCUT2D eigenvalue weighted by molar-refractivity contribution is 0.0690. The van der Waals surface area contributed by atoms with Crippen molar-refractivity contribution in [2.45, 2.75) is 32.6 Å². The number of carbonyl (C=O) groups is 1. The van der Waals surface area contributed by atoms with Crippen LogP contribution in [0.25, 0.3) is 0 Å². The molecule has 2 N–H and O–H groups in total. The third-order valence-electron chi connectivity index (χ3n) is 3.38. The molecule has 0 amide bonds. The summed E-state index contributed by atoms with van der Waals surface area (Å²) in [6.45, 7) is 3.14. The van der Waals surface area contributed by atoms with Gasteiger partial charge in [0.15, 0.2) is 0 Å². The summed E-state index contributed by atoms with van der Waals surface area (Å²) in [6, 6.07) is 3.40. The van der Waals surface area contributed by atoms with E-state index in [1.165, 1.54) is 31.9 Å². The van der Waals surface area contributed by atoms with Gasteiger partial charge in [-0.3, -0.25) is 0 Å². The minimum Gasteiger partial charge on any atom is -0.477 e. The maximum atomic E-state index is 10.8. The maximum Gasteiger partial charge on any atom is 0.354 e. The number of nitrogens with one attached hydrogen (secondary N) is 1. The fourth-order valence-corrected chi connectivity index (χ4v) is 2.17. The summed E-state index contributed by atoms with van der Waals surface area (Å²) in [6.07, 6.45) is 6.55. The van der Waals surface area contributed by atoms with E-state index >= 15 is 0 Å². The van der Waals surface area contributed by atoms with Gasteiger partial charge in [0.2, 0.25) is 0 Å². The molecule has 0 aliphatic heterocycles. The highest BCUT2D eigenvalue weighted by Gasteiger charge is 2.40. The maximum absolute atomic E-state index is 10.8. The first-order chi connectivity index (χ1) is 8.15. The lowest BCUT2D eigenvalue weighted by Gasteiger charge is -2.15. The van der Waals surface area contributed by atoms with Crippen molar-refractivity contribution in [1.29, 1.82) is 0 Å². The Bertz CT molecular complexity index is 414. The number of hydrogen-bond acceptors (Lipinski definition) is 3. The predicted octanol–water partition coefficient (Wildman–Crippen LogP) is 2.77. The molecule has 0 saturated heterocycles. The predicted molar refractivity (Wildman–Crippen MR) is 66.3 cm³/mol. The molecule has 0 spiro atoms. The zero-order chi connectivity index (χ0) is 12.3. The van der Waals surface area contributed by atoms with Gasteiger partial charge in [-0.2, -0.15) is 0 Å². The molecule has 0 bridgehead atoms. The smallest absolute Gasteiger partial charge is 0.354 e. The van der Waals surface area contributed by atoms with Gasteiger partial charge in [0.1, 0.15) is 5.69 Å². The van der Waals surface area contributed by atoms with E-state index in [0.717, 1.165) is 12.2 Å². The largest absolute Gasteiger partial charge is 0.477 e. The van der Waals surface area contributed by atoms with Gasteiger partial charge in [-0.1, -0.05) is 13.3 Å². The molecule has 1 aromatic rings. The number of aromatic carboxylic acids is 1. The van der Waals surface area contributed by atoms with Gasteiger partial charge < -0.3 is 10.4 Å². The molecular formula is C13H18N2O2. The lowest BCUT2D eigenvalue weighted by Crippen LogP contribution is -2.15. The number of hydrogen-bond donors (Lipinski definition) is 2. The summed E-state index contributed by atoms with van der Waals surface area (Å²) in [5.41, 5.74) is 1.40. The van der Waals surface area contributed by atoms with Gasteiger partial charge in [0, 0.05) is 18.4 Å². The molecule has 1 heterocycles. The van der Waals surface area contributed by atoms with Crippen LogP contribution < -0.4 is 5.32 Å². The van der Waals surface area contributed by atoms with Gasteiger partial charge >= 0.3 is 5.97 Å². The van der Waals surface area contributed by atoms with Crippen molar-refractivity contribution in [2.75, 3.05) is 11.9 Å². The van der Waals surface area contributed by atoms with E-state index < -0.39 is 5.97 Å². The molecule has 1 saturated carbocycles. The SMILES string of the molecule is CCCC1(CNc2ccnc(C(=O)O)c2)CC1. The molecule has 4 nitrogen and oxygen atoms in total. The van der Waals surface area contributed by atoms with E-state index in [-0.39, 0.29) is 5.69 Å². The van der Waals surface area contributed by atoms with Crippen LogP contribution in [0.2, 0.25) is 0 Å². The zero-order valence-corrected chi connectivity index (χ0v) is 10.1. The van der Waals surface area contributed by atoms with Crippen molar-refractivity contribution >= 4 is 11.7 Å². The molecule has 1 aromatic heterocycles. The highest BCUT2D eigenvalue weighted by molar-refractivity contribution is 5.86. The first-order valence-corrected chi connectivity index (χ1v) is 6.08. The van der Waals surface area contributed by atoms with Crippen molar-refractivity contribution < 1.29 is 9.90 Å². The Labute approximate surface area is 101 Å². The molecule has 1 aliphatic rings. The monoisotopic (exact) mass is 234 g/mol. The third-order valence-corrected chi connectivity index (χ3v) is 3.38. The summed E-state index contributed by atoms with van der Waals surface area (Å²) in [5, 5.41) is 12.2. The van der Waals surface area contributed by atoms with Crippen LogP contribution in [-0.2, 0) is 0 Å². The molecule has 0 unspecified atom stereocenters. The summed E-state index contributed by atoms with van der Waals surface area (Å²) in [7, 11) is 0. The number of rotatable bonds is 6. The fraction of sp³-hybridized carbons (Fsp3) is 0.538. The molecule has 1 aliphatic carbocycles. The van der Waals surface area contributed by atoms with Crippen molar-refractivity contribution in [3.8, 4) is 0 Å². The van der Waals surface area contributed by atoms with Gasteiger partial charge in [0.25, 0.3) is 0 Å². The van der Waals surface area contributed by atoms with Crippen LogP contribution >= 0.6 is 0 Å². The van der Waals surface area contributed by atoms with E-state index in [1.807, 2.05) is 6.07 Å². The van der Waals surface area contributed by atoms with E-state index in [0.29, 0.717) is 5.41 Å². The van der Waals surface area contributed by atoms with E-state index in [1.54, 1.807) is 6.07 Å². The number of aromatic nitrogens is 1. The highest BCUT2D eigenvalue weighted by atomic mass is 16.4. The molecule has 0 atom stereocenters. The van der Waals surface area contributed by atoms with Gasteiger partial charge in [-0.25, -0.2) is 9.78 Å². The van der Waals surface area contributed by atoms with Crippen LogP contribution in [-0.4, -0.2) is 22.6 Å². The molecule has 4 heteroatoms. The highest BCUT2D eigenvalue weighted by Crippen LogP contribution is 2.49. The van der Waals surface area contributed by atoms with Crippen LogP contribution in [0.1, 0.15) is 43.1 Å². The summed E-state index contributed by atoms with van der Waals surface area (Å²) in [4.78, 5) is 14.6. The first-order valence-electron chi connectivity index (χ1n) is 6.08. The second kappa shape index (κ2) is 4.73. The van der Waals surface area contributed by atoms with Crippen LogP contribution in [0.5, 0.6) is 0 Å². The zero-order valence-electron chi connectivity index (χ0n) is 10.1. The second-order valence-electron chi connectivity index (χ2n) is 4.84. The molecule has 17 heavy (non-hydrogen) atoms. The number of carboxylic acids is 1. The summed E-state index contributed by atoms with van der Waals surface area (Å²) < 4.78 is 0.